The lowest BCUT2D eigenvalue weighted by molar-refractivity contribution is -0.150. The van der Waals surface area contributed by atoms with E-state index in [1.54, 1.807) is 24.3 Å². The number of ether oxygens (including phenoxy) is 2. The molecule has 0 saturated heterocycles. The van der Waals surface area contributed by atoms with Gasteiger partial charge in [0.2, 0.25) is 0 Å². The predicted molar refractivity (Wildman–Crippen MR) is 116 cm³/mol. The molecule has 0 aliphatic rings. The molecule has 0 aromatic heterocycles. The molecule has 0 aliphatic heterocycles. The second-order valence-corrected chi connectivity index (χ2v) is 6.86. The first-order valence-electron chi connectivity index (χ1n) is 9.86. The number of amides is 1. The van der Waals surface area contributed by atoms with Gasteiger partial charge in [-0.3, -0.25) is 9.59 Å². The summed E-state index contributed by atoms with van der Waals surface area (Å²) in [6.07, 6.45) is 1.33. The van der Waals surface area contributed by atoms with Crippen LogP contribution in [0.3, 0.4) is 0 Å². The van der Waals surface area contributed by atoms with Crippen molar-refractivity contribution < 1.29 is 23.9 Å². The molecule has 0 aliphatic carbocycles. The number of carbonyl (C=O) groups is 3. The zero-order valence-electron chi connectivity index (χ0n) is 16.9. The number of hydrogen-bond donors (Lipinski definition) is 1. The molecule has 0 radical (unpaired) electrons. The fourth-order valence-corrected chi connectivity index (χ4v) is 3.00. The summed E-state index contributed by atoms with van der Waals surface area (Å²) >= 11 is 0. The van der Waals surface area contributed by atoms with E-state index < -0.39 is 18.5 Å². The van der Waals surface area contributed by atoms with E-state index in [0.717, 1.165) is 17.4 Å². The molecule has 3 aromatic rings. The van der Waals surface area contributed by atoms with Crippen molar-refractivity contribution in [2.75, 3.05) is 13.2 Å². The lowest BCUT2D eigenvalue weighted by atomic mass is 9.99. The van der Waals surface area contributed by atoms with Gasteiger partial charge in [-0.05, 0) is 41.8 Å². The van der Waals surface area contributed by atoms with Crippen LogP contribution in [0.5, 0.6) is 5.75 Å². The molecule has 1 atom stereocenters. The van der Waals surface area contributed by atoms with Crippen LogP contribution in [0.1, 0.15) is 27.5 Å². The standard InChI is InChI=1S/C25H23NO5/c27-16-20-11-13-22(14-12-20)30-18-25(29)31-17-24(28)26-23(21-9-5-2-6-10-21)15-19-7-3-1-4-8-19/h1-14,16,23H,15,17-18H2,(H,26,28)/t23-/m1/s1. The predicted octanol–water partition coefficient (Wildman–Crippen LogP) is 3.52. The number of nitrogens with one attached hydrogen (secondary N) is 1. The zero-order valence-corrected chi connectivity index (χ0v) is 16.9. The van der Waals surface area contributed by atoms with Crippen molar-refractivity contribution in [2.24, 2.45) is 0 Å². The van der Waals surface area contributed by atoms with Gasteiger partial charge in [-0.1, -0.05) is 60.7 Å². The van der Waals surface area contributed by atoms with E-state index in [4.69, 9.17) is 9.47 Å². The number of aldehydes is 1. The van der Waals surface area contributed by atoms with E-state index in [1.165, 1.54) is 0 Å². The molecule has 0 unspecified atom stereocenters. The van der Waals surface area contributed by atoms with Gasteiger partial charge in [-0.2, -0.15) is 0 Å². The molecule has 0 fully saturated rings. The van der Waals surface area contributed by atoms with E-state index in [1.807, 2.05) is 60.7 Å². The molecule has 0 heterocycles. The average molecular weight is 417 g/mol. The zero-order chi connectivity index (χ0) is 21.9. The minimum absolute atomic E-state index is 0.248. The van der Waals surface area contributed by atoms with Crippen molar-refractivity contribution in [1.29, 1.82) is 0 Å². The molecule has 0 spiro atoms. The Labute approximate surface area is 180 Å². The van der Waals surface area contributed by atoms with Crippen molar-refractivity contribution in [3.8, 4) is 5.75 Å². The second-order valence-electron chi connectivity index (χ2n) is 6.86. The lowest BCUT2D eigenvalue weighted by Crippen LogP contribution is -2.34. The van der Waals surface area contributed by atoms with Crippen molar-refractivity contribution in [2.45, 2.75) is 12.5 Å². The van der Waals surface area contributed by atoms with Crippen LogP contribution in [0.2, 0.25) is 0 Å². The summed E-state index contributed by atoms with van der Waals surface area (Å²) in [5, 5.41) is 2.93. The van der Waals surface area contributed by atoms with E-state index in [2.05, 4.69) is 5.32 Å². The van der Waals surface area contributed by atoms with Crippen LogP contribution in [-0.4, -0.2) is 31.4 Å². The molecule has 0 saturated carbocycles. The number of benzene rings is 3. The number of carbonyl (C=O) groups excluding carboxylic acids is 3. The van der Waals surface area contributed by atoms with Crippen molar-refractivity contribution >= 4 is 18.2 Å². The van der Waals surface area contributed by atoms with Gasteiger partial charge in [0.25, 0.3) is 5.91 Å². The summed E-state index contributed by atoms with van der Waals surface area (Å²) in [6, 6.07) is 25.6. The highest BCUT2D eigenvalue weighted by atomic mass is 16.6. The molecule has 6 nitrogen and oxygen atoms in total. The Morgan fingerprint density at radius 1 is 0.839 bits per heavy atom. The van der Waals surface area contributed by atoms with Crippen LogP contribution in [-0.2, 0) is 20.7 Å². The maximum atomic E-state index is 12.4. The SMILES string of the molecule is O=Cc1ccc(OCC(=O)OCC(=O)N[C@H](Cc2ccccc2)c2ccccc2)cc1. The first kappa shape index (κ1) is 21.8. The smallest absolute Gasteiger partial charge is 0.344 e. The molecule has 158 valence electrons. The Kier molecular flexibility index (Phi) is 7.94. The van der Waals surface area contributed by atoms with Gasteiger partial charge < -0.3 is 14.8 Å². The highest BCUT2D eigenvalue weighted by molar-refractivity contribution is 5.81. The van der Waals surface area contributed by atoms with Gasteiger partial charge >= 0.3 is 5.97 Å². The van der Waals surface area contributed by atoms with Crippen LogP contribution in [0.4, 0.5) is 0 Å². The number of rotatable bonds is 10. The maximum Gasteiger partial charge on any atom is 0.344 e. The van der Waals surface area contributed by atoms with Gasteiger partial charge in [-0.15, -0.1) is 0 Å². The fourth-order valence-electron chi connectivity index (χ4n) is 3.00. The highest BCUT2D eigenvalue weighted by Crippen LogP contribution is 2.18. The molecule has 1 amide bonds. The second kappa shape index (κ2) is 11.3. The Morgan fingerprint density at radius 2 is 1.48 bits per heavy atom. The van der Waals surface area contributed by atoms with Crippen molar-refractivity contribution in [3.05, 3.63) is 102 Å². The van der Waals surface area contributed by atoms with E-state index in [-0.39, 0.29) is 12.6 Å². The van der Waals surface area contributed by atoms with Crippen LogP contribution in [0.15, 0.2) is 84.9 Å². The summed E-state index contributed by atoms with van der Waals surface area (Å²) < 4.78 is 10.3. The van der Waals surface area contributed by atoms with Crippen LogP contribution >= 0.6 is 0 Å². The number of esters is 1. The molecular weight excluding hydrogens is 394 g/mol. The molecule has 3 aromatic carbocycles. The summed E-state index contributed by atoms with van der Waals surface area (Å²) in [7, 11) is 0. The fraction of sp³-hybridized carbons (Fsp3) is 0.160. The Bertz CT molecular complexity index is 987. The minimum atomic E-state index is -0.658. The first-order valence-corrected chi connectivity index (χ1v) is 9.86. The topological polar surface area (TPSA) is 81.7 Å². The van der Waals surface area contributed by atoms with Gasteiger partial charge in [0.1, 0.15) is 12.0 Å². The van der Waals surface area contributed by atoms with Crippen LogP contribution < -0.4 is 10.1 Å². The molecule has 1 N–H and O–H groups in total. The molecule has 0 bridgehead atoms. The maximum absolute atomic E-state index is 12.4. The van der Waals surface area contributed by atoms with Crippen LogP contribution in [0.25, 0.3) is 0 Å². The van der Waals surface area contributed by atoms with Crippen molar-refractivity contribution in [3.63, 3.8) is 0 Å². The largest absolute Gasteiger partial charge is 0.482 e. The summed E-state index contributed by atoms with van der Waals surface area (Å²) in [4.78, 5) is 35.0. The normalized spacial score (nSPS) is 11.2. The summed E-state index contributed by atoms with van der Waals surface area (Å²) in [5.41, 5.74) is 2.56. The third kappa shape index (κ3) is 7.12. The van der Waals surface area contributed by atoms with E-state index in [9.17, 15) is 14.4 Å². The number of hydrogen-bond acceptors (Lipinski definition) is 5. The monoisotopic (exact) mass is 417 g/mol. The quantitative estimate of drug-likeness (QED) is 0.403. The Balaban J connectivity index is 1.50. The van der Waals surface area contributed by atoms with Crippen molar-refractivity contribution in [1.82, 2.24) is 5.32 Å². The van der Waals surface area contributed by atoms with Gasteiger partial charge in [-0.25, -0.2) is 4.79 Å². The molecule has 31 heavy (non-hydrogen) atoms. The molecule has 3 rings (SSSR count). The molecule has 6 heteroatoms. The van der Waals surface area contributed by atoms with Gasteiger partial charge in [0.05, 0.1) is 6.04 Å². The average Bonchev–Trinajstić information content (AvgIpc) is 2.82. The summed E-state index contributed by atoms with van der Waals surface area (Å²) in [5.74, 6) is -0.624. The van der Waals surface area contributed by atoms with E-state index in [0.29, 0.717) is 17.7 Å². The lowest BCUT2D eigenvalue weighted by Gasteiger charge is -2.19. The van der Waals surface area contributed by atoms with Gasteiger partial charge in [0.15, 0.2) is 13.2 Å². The Hall–Kier alpha value is -3.93. The third-order valence-corrected chi connectivity index (χ3v) is 4.56. The summed E-state index contributed by atoms with van der Waals surface area (Å²) in [6.45, 7) is -0.732. The minimum Gasteiger partial charge on any atom is -0.482 e. The molecular formula is C25H23NO5. The Morgan fingerprint density at radius 3 is 2.13 bits per heavy atom. The van der Waals surface area contributed by atoms with Crippen LogP contribution in [0, 0.1) is 0 Å². The third-order valence-electron chi connectivity index (χ3n) is 4.56. The highest BCUT2D eigenvalue weighted by Gasteiger charge is 2.16. The van der Waals surface area contributed by atoms with Gasteiger partial charge in [0, 0.05) is 5.56 Å². The van der Waals surface area contributed by atoms with E-state index >= 15 is 0 Å². The first-order chi connectivity index (χ1) is 15.1.